The van der Waals surface area contributed by atoms with Crippen LogP contribution in [0.5, 0.6) is 0 Å². The van der Waals surface area contributed by atoms with E-state index in [0.29, 0.717) is 11.3 Å². The molecule has 0 bridgehead atoms. The minimum Gasteiger partial charge on any atom is -0.322 e. The van der Waals surface area contributed by atoms with Gasteiger partial charge in [-0.25, -0.2) is 12.7 Å². The Bertz CT molecular complexity index is 1150. The summed E-state index contributed by atoms with van der Waals surface area (Å²) in [6, 6.07) is 19.9. The molecule has 1 N–H and O–H groups in total. The van der Waals surface area contributed by atoms with Crippen molar-refractivity contribution in [1.29, 1.82) is 0 Å². The third-order valence-electron chi connectivity index (χ3n) is 4.58. The van der Waals surface area contributed by atoms with Crippen LogP contribution < -0.4 is 5.32 Å². The molecule has 0 unspecified atom stereocenters. The highest BCUT2D eigenvalue weighted by Gasteiger charge is 2.17. The summed E-state index contributed by atoms with van der Waals surface area (Å²) in [4.78, 5) is 14.9. The molecule has 0 aliphatic heterocycles. The number of carbonyl (C=O) groups is 1. The van der Waals surface area contributed by atoms with Gasteiger partial charge in [0.05, 0.1) is 4.90 Å². The summed E-state index contributed by atoms with van der Waals surface area (Å²) in [6.45, 7) is 4.16. The predicted molar refractivity (Wildman–Crippen MR) is 122 cm³/mol. The molecule has 156 valence electrons. The van der Waals surface area contributed by atoms with Crippen LogP contribution in [0.2, 0.25) is 0 Å². The number of nitrogens with one attached hydrogen (secondary N) is 1. The lowest BCUT2D eigenvalue weighted by Crippen LogP contribution is -2.22. The van der Waals surface area contributed by atoms with Crippen LogP contribution in [0.25, 0.3) is 0 Å². The lowest BCUT2D eigenvalue weighted by Gasteiger charge is -2.12. The molecule has 3 rings (SSSR count). The van der Waals surface area contributed by atoms with Gasteiger partial charge in [0, 0.05) is 35.1 Å². The standard InChI is InChI=1S/C23H24N2O3S2/c1-16-5-6-17(2)22(15-16)29-20-11-9-19(10-12-20)24-23(26)18-7-13-21(14-8-18)30(27,28)25(3)4/h5-15H,1-4H3,(H,24,26). The lowest BCUT2D eigenvalue weighted by atomic mass is 10.2. The van der Waals surface area contributed by atoms with Crippen LogP contribution in [-0.4, -0.2) is 32.7 Å². The van der Waals surface area contributed by atoms with E-state index in [9.17, 15) is 13.2 Å². The number of carbonyl (C=O) groups excluding carboxylic acids is 1. The molecule has 1 amide bonds. The number of sulfonamides is 1. The van der Waals surface area contributed by atoms with Gasteiger partial charge in [-0.2, -0.15) is 0 Å². The van der Waals surface area contributed by atoms with Gasteiger partial charge in [0.1, 0.15) is 0 Å². The molecule has 0 radical (unpaired) electrons. The first-order valence-corrected chi connectivity index (χ1v) is 11.6. The molecule has 7 heteroatoms. The molecule has 0 aliphatic rings. The van der Waals surface area contributed by atoms with Gasteiger partial charge < -0.3 is 5.32 Å². The highest BCUT2D eigenvalue weighted by molar-refractivity contribution is 7.99. The monoisotopic (exact) mass is 440 g/mol. The van der Waals surface area contributed by atoms with E-state index < -0.39 is 10.0 Å². The first-order valence-electron chi connectivity index (χ1n) is 9.36. The molecule has 5 nitrogen and oxygen atoms in total. The second-order valence-corrected chi connectivity index (χ2v) is 10.4. The van der Waals surface area contributed by atoms with Crippen LogP contribution in [0.1, 0.15) is 21.5 Å². The van der Waals surface area contributed by atoms with Crippen LogP contribution >= 0.6 is 11.8 Å². The number of benzene rings is 3. The maximum absolute atomic E-state index is 12.5. The molecule has 0 fully saturated rings. The molecule has 0 heterocycles. The van der Waals surface area contributed by atoms with Gasteiger partial charge in [-0.15, -0.1) is 0 Å². The zero-order valence-electron chi connectivity index (χ0n) is 17.3. The number of hydrogen-bond acceptors (Lipinski definition) is 4. The van der Waals surface area contributed by atoms with E-state index in [0.717, 1.165) is 9.20 Å². The third-order valence-corrected chi connectivity index (χ3v) is 7.58. The van der Waals surface area contributed by atoms with Crippen molar-refractivity contribution in [3.63, 3.8) is 0 Å². The number of amides is 1. The van der Waals surface area contributed by atoms with Crippen molar-refractivity contribution in [3.05, 3.63) is 83.4 Å². The molecular formula is C23H24N2O3S2. The number of nitrogens with zero attached hydrogens (tertiary/aromatic N) is 1. The minimum absolute atomic E-state index is 0.150. The quantitative estimate of drug-likeness (QED) is 0.588. The predicted octanol–water partition coefficient (Wildman–Crippen LogP) is 4.96. The van der Waals surface area contributed by atoms with E-state index in [1.54, 1.807) is 11.8 Å². The zero-order chi connectivity index (χ0) is 21.9. The van der Waals surface area contributed by atoms with Crippen molar-refractivity contribution >= 4 is 33.4 Å². The molecule has 30 heavy (non-hydrogen) atoms. The van der Waals surface area contributed by atoms with Crippen LogP contribution in [0, 0.1) is 13.8 Å². The Morgan fingerprint density at radius 2 is 1.53 bits per heavy atom. The summed E-state index contributed by atoms with van der Waals surface area (Å²) in [6.07, 6.45) is 0. The van der Waals surface area contributed by atoms with E-state index >= 15 is 0 Å². The molecule has 0 spiro atoms. The number of rotatable bonds is 6. The molecule has 3 aromatic carbocycles. The summed E-state index contributed by atoms with van der Waals surface area (Å²) in [5.41, 5.74) is 3.51. The molecule has 0 aromatic heterocycles. The second kappa shape index (κ2) is 9.04. The molecular weight excluding hydrogens is 416 g/mol. The Kier molecular flexibility index (Phi) is 6.65. The summed E-state index contributed by atoms with van der Waals surface area (Å²) in [7, 11) is -0.575. The largest absolute Gasteiger partial charge is 0.322 e. The van der Waals surface area contributed by atoms with Crippen molar-refractivity contribution < 1.29 is 13.2 Å². The number of hydrogen-bond donors (Lipinski definition) is 1. The number of anilines is 1. The molecule has 0 aliphatic carbocycles. The van der Waals surface area contributed by atoms with E-state index in [1.165, 1.54) is 54.4 Å². The smallest absolute Gasteiger partial charge is 0.255 e. The lowest BCUT2D eigenvalue weighted by molar-refractivity contribution is 0.102. The molecule has 0 atom stereocenters. The summed E-state index contributed by atoms with van der Waals surface area (Å²) >= 11 is 1.68. The Labute approximate surface area is 182 Å². The van der Waals surface area contributed by atoms with Crippen LogP contribution in [0.15, 0.2) is 81.4 Å². The third kappa shape index (κ3) is 5.11. The normalized spacial score (nSPS) is 11.5. The van der Waals surface area contributed by atoms with Gasteiger partial charge in [0.15, 0.2) is 0 Å². The Hall–Kier alpha value is -2.61. The average Bonchev–Trinajstić information content (AvgIpc) is 2.72. The van der Waals surface area contributed by atoms with E-state index in [1.807, 2.05) is 24.3 Å². The fourth-order valence-electron chi connectivity index (χ4n) is 2.74. The minimum atomic E-state index is -3.52. The van der Waals surface area contributed by atoms with E-state index in [2.05, 4.69) is 37.4 Å². The molecule has 3 aromatic rings. The Morgan fingerprint density at radius 3 is 2.13 bits per heavy atom. The zero-order valence-corrected chi connectivity index (χ0v) is 19.0. The van der Waals surface area contributed by atoms with Crippen LogP contribution in [0.3, 0.4) is 0 Å². The van der Waals surface area contributed by atoms with Crippen molar-refractivity contribution in [3.8, 4) is 0 Å². The Balaban J connectivity index is 1.68. The van der Waals surface area contributed by atoms with Gasteiger partial charge in [0.25, 0.3) is 5.91 Å². The fourth-order valence-corrected chi connectivity index (χ4v) is 4.64. The highest BCUT2D eigenvalue weighted by atomic mass is 32.2. The maximum Gasteiger partial charge on any atom is 0.255 e. The summed E-state index contributed by atoms with van der Waals surface area (Å²) in [5, 5.41) is 2.84. The first kappa shape index (κ1) is 22.1. The van der Waals surface area contributed by atoms with Gasteiger partial charge in [-0.3, -0.25) is 4.79 Å². The molecule has 0 saturated carbocycles. The summed E-state index contributed by atoms with van der Waals surface area (Å²) < 4.78 is 25.4. The van der Waals surface area contributed by atoms with E-state index in [4.69, 9.17) is 0 Å². The maximum atomic E-state index is 12.5. The van der Waals surface area contributed by atoms with Crippen molar-refractivity contribution in [2.75, 3.05) is 19.4 Å². The first-order chi connectivity index (χ1) is 14.2. The van der Waals surface area contributed by atoms with Gasteiger partial charge >= 0.3 is 0 Å². The van der Waals surface area contributed by atoms with Gasteiger partial charge in [-0.05, 0) is 79.6 Å². The SMILES string of the molecule is Cc1ccc(C)c(Sc2ccc(NC(=O)c3ccc(S(=O)(=O)N(C)C)cc3)cc2)c1. The van der Waals surface area contributed by atoms with Crippen molar-refractivity contribution in [1.82, 2.24) is 4.31 Å². The van der Waals surface area contributed by atoms with Gasteiger partial charge in [-0.1, -0.05) is 23.9 Å². The van der Waals surface area contributed by atoms with Crippen molar-refractivity contribution in [2.45, 2.75) is 28.5 Å². The second-order valence-electron chi connectivity index (χ2n) is 7.16. The van der Waals surface area contributed by atoms with Gasteiger partial charge in [0.2, 0.25) is 10.0 Å². The highest BCUT2D eigenvalue weighted by Crippen LogP contribution is 2.31. The van der Waals surface area contributed by atoms with E-state index in [-0.39, 0.29) is 10.8 Å². The van der Waals surface area contributed by atoms with Crippen LogP contribution in [0.4, 0.5) is 5.69 Å². The summed E-state index contributed by atoms with van der Waals surface area (Å²) in [5.74, 6) is -0.293. The molecule has 0 saturated heterocycles. The average molecular weight is 441 g/mol. The van der Waals surface area contributed by atoms with Crippen LogP contribution in [-0.2, 0) is 10.0 Å². The Morgan fingerprint density at radius 1 is 0.900 bits per heavy atom. The fraction of sp³-hybridized carbons (Fsp3) is 0.174. The van der Waals surface area contributed by atoms with Crippen molar-refractivity contribution in [2.24, 2.45) is 0 Å². The topological polar surface area (TPSA) is 66.5 Å². The number of aryl methyl sites for hydroxylation is 2.